The van der Waals surface area contributed by atoms with Crippen molar-refractivity contribution < 1.29 is 9.47 Å². The van der Waals surface area contributed by atoms with Gasteiger partial charge in [0, 0.05) is 11.6 Å². The van der Waals surface area contributed by atoms with Crippen molar-refractivity contribution in [1.29, 1.82) is 0 Å². The molecule has 0 fully saturated rings. The first kappa shape index (κ1) is 14.9. The minimum Gasteiger partial charge on any atom is -0.497 e. The Balaban J connectivity index is 2.41. The molecule has 0 spiro atoms. The van der Waals surface area contributed by atoms with Gasteiger partial charge in [0.25, 0.3) is 0 Å². The number of methoxy groups -OCH3 is 1. The summed E-state index contributed by atoms with van der Waals surface area (Å²) in [6.07, 6.45) is 0. The van der Waals surface area contributed by atoms with Crippen LogP contribution in [0.3, 0.4) is 0 Å². The monoisotopic (exact) mass is 335 g/mol. The first-order valence-corrected chi connectivity index (χ1v) is 7.18. The van der Waals surface area contributed by atoms with Gasteiger partial charge in [0.15, 0.2) is 0 Å². The Morgan fingerprint density at radius 2 is 1.85 bits per heavy atom. The number of hydrogen-bond donors (Lipinski definition) is 0. The summed E-state index contributed by atoms with van der Waals surface area (Å²) in [6, 6.07) is 11.4. The van der Waals surface area contributed by atoms with Crippen LogP contribution in [0.2, 0.25) is 0 Å². The van der Waals surface area contributed by atoms with Crippen molar-refractivity contribution in [2.75, 3.05) is 7.11 Å². The summed E-state index contributed by atoms with van der Waals surface area (Å²) in [5.41, 5.74) is 1.04. The van der Waals surface area contributed by atoms with E-state index in [0.717, 1.165) is 21.7 Å². The average Bonchev–Trinajstić information content (AvgIpc) is 2.38. The summed E-state index contributed by atoms with van der Waals surface area (Å²) < 4.78 is 12.0. The molecule has 0 N–H and O–H groups in total. The lowest BCUT2D eigenvalue weighted by atomic mass is 9.86. The molecule has 0 aliphatic heterocycles. The Labute approximate surface area is 128 Å². The topological polar surface area (TPSA) is 31.4 Å². The van der Waals surface area contributed by atoms with Crippen LogP contribution in [-0.4, -0.2) is 12.1 Å². The first-order chi connectivity index (χ1) is 9.40. The van der Waals surface area contributed by atoms with Crippen LogP contribution in [0.1, 0.15) is 26.3 Å². The van der Waals surface area contributed by atoms with Crippen LogP contribution in [-0.2, 0) is 5.41 Å². The summed E-state index contributed by atoms with van der Waals surface area (Å²) in [5.74, 6) is 2.18. The minimum absolute atomic E-state index is 0.0457. The zero-order valence-electron chi connectivity index (χ0n) is 12.1. The van der Waals surface area contributed by atoms with Crippen molar-refractivity contribution in [1.82, 2.24) is 4.98 Å². The third-order valence-corrected chi connectivity index (χ3v) is 3.34. The molecule has 2 aromatic rings. The predicted molar refractivity (Wildman–Crippen MR) is 83.7 cm³/mol. The molecular formula is C16H18BrNO2. The molecule has 4 heteroatoms. The molecule has 0 saturated heterocycles. The van der Waals surface area contributed by atoms with E-state index in [0.29, 0.717) is 5.88 Å². The third-order valence-electron chi connectivity index (χ3n) is 2.90. The molecule has 106 valence electrons. The molecule has 0 amide bonds. The van der Waals surface area contributed by atoms with Crippen LogP contribution < -0.4 is 9.47 Å². The van der Waals surface area contributed by atoms with Gasteiger partial charge in [0.05, 0.1) is 7.11 Å². The lowest BCUT2D eigenvalue weighted by Crippen LogP contribution is -2.13. The Morgan fingerprint density at radius 3 is 2.45 bits per heavy atom. The van der Waals surface area contributed by atoms with Crippen LogP contribution >= 0.6 is 15.9 Å². The minimum atomic E-state index is -0.0457. The molecule has 0 bridgehead atoms. The maximum absolute atomic E-state index is 5.92. The number of pyridine rings is 1. The molecule has 1 heterocycles. The molecule has 0 saturated carbocycles. The highest BCUT2D eigenvalue weighted by Gasteiger charge is 2.20. The van der Waals surface area contributed by atoms with Crippen molar-refractivity contribution in [2.24, 2.45) is 0 Å². The van der Waals surface area contributed by atoms with E-state index in [1.807, 2.05) is 36.4 Å². The molecular weight excluding hydrogens is 318 g/mol. The molecule has 3 nitrogen and oxygen atoms in total. The zero-order chi connectivity index (χ0) is 14.8. The molecule has 0 aliphatic carbocycles. The highest BCUT2D eigenvalue weighted by Crippen LogP contribution is 2.36. The summed E-state index contributed by atoms with van der Waals surface area (Å²) in [5, 5.41) is 0. The lowest BCUT2D eigenvalue weighted by Gasteiger charge is -2.23. The van der Waals surface area contributed by atoms with Gasteiger partial charge in [-0.3, -0.25) is 0 Å². The van der Waals surface area contributed by atoms with E-state index in [-0.39, 0.29) is 5.41 Å². The molecule has 0 aliphatic rings. The summed E-state index contributed by atoms with van der Waals surface area (Å²) >= 11 is 3.35. The number of ether oxygens (including phenoxy) is 2. The third kappa shape index (κ3) is 3.51. The van der Waals surface area contributed by atoms with Gasteiger partial charge in [0.2, 0.25) is 5.88 Å². The van der Waals surface area contributed by atoms with E-state index in [9.17, 15) is 0 Å². The van der Waals surface area contributed by atoms with Gasteiger partial charge in [-0.05, 0) is 45.6 Å². The molecule has 20 heavy (non-hydrogen) atoms. The summed E-state index contributed by atoms with van der Waals surface area (Å²) in [4.78, 5) is 4.30. The fourth-order valence-corrected chi connectivity index (χ4v) is 2.20. The first-order valence-electron chi connectivity index (χ1n) is 6.39. The normalized spacial score (nSPS) is 11.2. The van der Waals surface area contributed by atoms with Crippen LogP contribution in [0.4, 0.5) is 0 Å². The molecule has 0 atom stereocenters. The number of aromatic nitrogens is 1. The SMILES string of the molecule is COc1ccc(Oc2cccc(Br)n2)c(C(C)(C)C)c1. The Bertz CT molecular complexity index is 606. The molecule has 0 unspecified atom stereocenters. The summed E-state index contributed by atoms with van der Waals surface area (Å²) in [6.45, 7) is 6.43. The largest absolute Gasteiger partial charge is 0.497 e. The number of halogens is 1. The average molecular weight is 336 g/mol. The van der Waals surface area contributed by atoms with Crippen molar-refractivity contribution >= 4 is 15.9 Å². The second-order valence-corrected chi connectivity index (χ2v) is 6.33. The van der Waals surface area contributed by atoms with E-state index >= 15 is 0 Å². The van der Waals surface area contributed by atoms with Gasteiger partial charge >= 0.3 is 0 Å². The van der Waals surface area contributed by atoms with Gasteiger partial charge < -0.3 is 9.47 Å². The number of nitrogens with zero attached hydrogens (tertiary/aromatic N) is 1. The van der Waals surface area contributed by atoms with Crippen LogP contribution in [0.15, 0.2) is 41.0 Å². The highest BCUT2D eigenvalue weighted by atomic mass is 79.9. The van der Waals surface area contributed by atoms with Crippen LogP contribution in [0.25, 0.3) is 0 Å². The van der Waals surface area contributed by atoms with Crippen molar-refractivity contribution in [3.63, 3.8) is 0 Å². The fourth-order valence-electron chi connectivity index (χ4n) is 1.87. The number of rotatable bonds is 3. The van der Waals surface area contributed by atoms with Crippen LogP contribution in [0, 0.1) is 0 Å². The fraction of sp³-hybridized carbons (Fsp3) is 0.312. The van der Waals surface area contributed by atoms with Gasteiger partial charge in [0.1, 0.15) is 16.1 Å². The zero-order valence-corrected chi connectivity index (χ0v) is 13.7. The standard InChI is InChI=1S/C16H18BrNO2/c1-16(2,3)12-10-11(19-4)8-9-13(12)20-15-7-5-6-14(17)18-15/h5-10H,1-4H3. The maximum Gasteiger partial charge on any atom is 0.220 e. The number of benzene rings is 1. The Kier molecular flexibility index (Phi) is 4.33. The van der Waals surface area contributed by atoms with E-state index in [2.05, 4.69) is 41.7 Å². The van der Waals surface area contributed by atoms with Gasteiger partial charge in [-0.2, -0.15) is 0 Å². The summed E-state index contributed by atoms with van der Waals surface area (Å²) in [7, 11) is 1.66. The Hall–Kier alpha value is -1.55. The quantitative estimate of drug-likeness (QED) is 0.744. The smallest absolute Gasteiger partial charge is 0.220 e. The van der Waals surface area contributed by atoms with Gasteiger partial charge in [-0.25, -0.2) is 4.98 Å². The molecule has 1 aromatic heterocycles. The highest BCUT2D eigenvalue weighted by molar-refractivity contribution is 9.10. The van der Waals surface area contributed by atoms with Crippen LogP contribution in [0.5, 0.6) is 17.4 Å². The van der Waals surface area contributed by atoms with E-state index in [1.54, 1.807) is 7.11 Å². The predicted octanol–water partition coefficient (Wildman–Crippen LogP) is 4.94. The lowest BCUT2D eigenvalue weighted by molar-refractivity contribution is 0.405. The second kappa shape index (κ2) is 5.83. The van der Waals surface area contributed by atoms with Gasteiger partial charge in [-0.15, -0.1) is 0 Å². The van der Waals surface area contributed by atoms with E-state index in [4.69, 9.17) is 9.47 Å². The maximum atomic E-state index is 5.92. The van der Waals surface area contributed by atoms with Crippen molar-refractivity contribution in [2.45, 2.75) is 26.2 Å². The molecule has 1 aromatic carbocycles. The van der Waals surface area contributed by atoms with E-state index < -0.39 is 0 Å². The van der Waals surface area contributed by atoms with Crippen molar-refractivity contribution in [3.8, 4) is 17.4 Å². The Morgan fingerprint density at radius 1 is 1.10 bits per heavy atom. The molecule has 2 rings (SSSR count). The van der Waals surface area contributed by atoms with Gasteiger partial charge in [-0.1, -0.05) is 26.8 Å². The molecule has 0 radical (unpaired) electrons. The van der Waals surface area contributed by atoms with E-state index in [1.165, 1.54) is 0 Å². The second-order valence-electron chi connectivity index (χ2n) is 5.51. The number of hydrogen-bond acceptors (Lipinski definition) is 3. The van der Waals surface area contributed by atoms with Crippen molar-refractivity contribution in [3.05, 3.63) is 46.6 Å².